The van der Waals surface area contributed by atoms with Gasteiger partial charge in [0.25, 0.3) is 0 Å². The lowest BCUT2D eigenvalue weighted by atomic mass is 9.48. The fourth-order valence-electron chi connectivity index (χ4n) is 7.27. The lowest BCUT2D eigenvalue weighted by Gasteiger charge is -2.56. The van der Waals surface area contributed by atoms with Crippen LogP contribution in [-0.2, 0) is 9.59 Å². The smallest absolute Gasteiger partial charge is 0.327 e. The van der Waals surface area contributed by atoms with Crippen molar-refractivity contribution in [3.63, 3.8) is 0 Å². The molecule has 0 saturated heterocycles. The van der Waals surface area contributed by atoms with Crippen molar-refractivity contribution in [2.45, 2.75) is 59.3 Å². The maximum atomic E-state index is 11.9. The molecule has 4 aliphatic rings. The first-order valence-corrected chi connectivity index (χ1v) is 10.6. The lowest BCUT2D eigenvalue weighted by molar-refractivity contribution is -0.131. The molecule has 0 spiro atoms. The molecule has 0 amide bonds. The van der Waals surface area contributed by atoms with Gasteiger partial charge in [-0.2, -0.15) is 0 Å². The van der Waals surface area contributed by atoms with Gasteiger partial charge < -0.3 is 5.11 Å². The molecule has 1 N–H and O–H groups in total. The highest BCUT2D eigenvalue weighted by Crippen LogP contribution is 2.66. The molecule has 27 heavy (non-hydrogen) atoms. The van der Waals surface area contributed by atoms with Crippen molar-refractivity contribution in [3.8, 4) is 0 Å². The van der Waals surface area contributed by atoms with Gasteiger partial charge in [0.15, 0.2) is 5.78 Å². The average Bonchev–Trinajstić information content (AvgIpc) is 2.97. The SMILES string of the molecule is C[C@H](/C=C/C(=O)O)[C@H]1CC[C@H]2[C@@H]3C=CC4=CC(=O)CC[C@]4(C)[C@H]3CC[C@]12C. The minimum Gasteiger partial charge on any atom is -0.478 e. The molecule has 0 heterocycles. The second-order valence-corrected chi connectivity index (χ2v) is 9.92. The number of aliphatic carboxylic acids is 1. The summed E-state index contributed by atoms with van der Waals surface area (Å²) in [7, 11) is 0. The van der Waals surface area contributed by atoms with E-state index in [1.54, 1.807) is 0 Å². The predicted molar refractivity (Wildman–Crippen MR) is 106 cm³/mol. The van der Waals surface area contributed by atoms with Crippen molar-refractivity contribution in [2.75, 3.05) is 0 Å². The van der Waals surface area contributed by atoms with Crippen LogP contribution in [0, 0.1) is 40.4 Å². The first-order valence-electron chi connectivity index (χ1n) is 10.6. The van der Waals surface area contributed by atoms with E-state index in [0.29, 0.717) is 36.0 Å². The third-order valence-corrected chi connectivity index (χ3v) is 8.77. The van der Waals surface area contributed by atoms with E-state index in [1.165, 1.54) is 37.3 Å². The molecule has 4 aliphatic carbocycles. The van der Waals surface area contributed by atoms with Crippen LogP contribution in [0.1, 0.15) is 59.3 Å². The Hall–Kier alpha value is -1.64. The van der Waals surface area contributed by atoms with Gasteiger partial charge in [0.1, 0.15) is 0 Å². The fourth-order valence-corrected chi connectivity index (χ4v) is 7.27. The van der Waals surface area contributed by atoms with E-state index in [-0.39, 0.29) is 16.6 Å². The Morgan fingerprint density at radius 3 is 2.74 bits per heavy atom. The maximum absolute atomic E-state index is 11.9. The molecule has 3 heteroatoms. The van der Waals surface area contributed by atoms with Crippen LogP contribution in [0.3, 0.4) is 0 Å². The minimum atomic E-state index is -0.848. The molecular weight excluding hydrogens is 336 g/mol. The van der Waals surface area contributed by atoms with E-state index in [0.717, 1.165) is 6.42 Å². The van der Waals surface area contributed by atoms with Crippen LogP contribution < -0.4 is 0 Å². The molecule has 0 unspecified atom stereocenters. The van der Waals surface area contributed by atoms with Gasteiger partial charge >= 0.3 is 5.97 Å². The summed E-state index contributed by atoms with van der Waals surface area (Å²) < 4.78 is 0. The van der Waals surface area contributed by atoms with E-state index in [1.807, 2.05) is 12.2 Å². The van der Waals surface area contributed by atoms with Crippen LogP contribution in [-0.4, -0.2) is 16.9 Å². The molecule has 2 saturated carbocycles. The zero-order valence-electron chi connectivity index (χ0n) is 16.8. The van der Waals surface area contributed by atoms with Crippen molar-refractivity contribution in [1.29, 1.82) is 0 Å². The van der Waals surface area contributed by atoms with Crippen LogP contribution in [0.2, 0.25) is 0 Å². The molecule has 3 nitrogen and oxygen atoms in total. The van der Waals surface area contributed by atoms with Gasteiger partial charge in [-0.1, -0.05) is 39.0 Å². The number of carboxylic acids is 1. The standard InChI is InChI=1S/C24H32O3/c1-15(4-9-22(26)27)19-7-8-20-18-6-5-16-14-17(25)10-12-23(16,2)21(18)11-13-24(19,20)3/h4-6,9,14-15,18-21H,7-8,10-13H2,1-3H3,(H,26,27)/b9-4+/t15-,18+,19-,20+,21+,23+,24-/m1/s1. The number of hydrogen-bond donors (Lipinski definition) is 1. The van der Waals surface area contributed by atoms with Gasteiger partial charge in [0.2, 0.25) is 0 Å². The monoisotopic (exact) mass is 368 g/mol. The second-order valence-electron chi connectivity index (χ2n) is 9.92. The first kappa shape index (κ1) is 18.7. The number of carboxylic acid groups (broad SMARTS) is 1. The van der Waals surface area contributed by atoms with Crippen molar-refractivity contribution >= 4 is 11.8 Å². The summed E-state index contributed by atoms with van der Waals surface area (Å²) in [6.07, 6.45) is 16.4. The minimum absolute atomic E-state index is 0.154. The number of fused-ring (bicyclic) bond motifs is 5. The van der Waals surface area contributed by atoms with Crippen LogP contribution in [0.5, 0.6) is 0 Å². The first-order chi connectivity index (χ1) is 12.8. The molecule has 7 atom stereocenters. The number of ketones is 1. The highest BCUT2D eigenvalue weighted by Gasteiger charge is 2.58. The van der Waals surface area contributed by atoms with E-state index in [4.69, 9.17) is 5.11 Å². The summed E-state index contributed by atoms with van der Waals surface area (Å²) in [4.78, 5) is 22.9. The normalized spacial score (nSPS) is 44.4. The third kappa shape index (κ3) is 2.85. The molecule has 0 aliphatic heterocycles. The Balaban J connectivity index is 1.62. The molecule has 0 aromatic rings. The van der Waals surface area contributed by atoms with Gasteiger partial charge in [-0.15, -0.1) is 0 Å². The highest BCUT2D eigenvalue weighted by molar-refractivity contribution is 5.92. The van der Waals surface area contributed by atoms with Crippen molar-refractivity contribution in [3.05, 3.63) is 36.0 Å². The summed E-state index contributed by atoms with van der Waals surface area (Å²) in [6.45, 7) is 7.04. The molecule has 0 bridgehead atoms. The zero-order chi connectivity index (χ0) is 19.4. The van der Waals surface area contributed by atoms with E-state index in [2.05, 4.69) is 32.9 Å². The molecule has 0 aromatic carbocycles. The summed E-state index contributed by atoms with van der Waals surface area (Å²) >= 11 is 0. The number of rotatable bonds is 3. The van der Waals surface area contributed by atoms with Gasteiger partial charge in [-0.25, -0.2) is 4.79 Å². The van der Waals surface area contributed by atoms with Crippen LogP contribution >= 0.6 is 0 Å². The number of carbonyl (C=O) groups is 2. The van der Waals surface area contributed by atoms with E-state index in [9.17, 15) is 9.59 Å². The fraction of sp³-hybridized carbons (Fsp3) is 0.667. The number of allylic oxidation sites excluding steroid dienone is 5. The maximum Gasteiger partial charge on any atom is 0.327 e. The quantitative estimate of drug-likeness (QED) is 0.698. The van der Waals surface area contributed by atoms with Crippen LogP contribution in [0.25, 0.3) is 0 Å². The second kappa shape index (κ2) is 6.46. The lowest BCUT2D eigenvalue weighted by Crippen LogP contribution is -2.49. The zero-order valence-corrected chi connectivity index (χ0v) is 16.8. The van der Waals surface area contributed by atoms with E-state index < -0.39 is 5.97 Å². The van der Waals surface area contributed by atoms with E-state index >= 15 is 0 Å². The van der Waals surface area contributed by atoms with Gasteiger partial charge in [-0.3, -0.25) is 4.79 Å². The molecule has 146 valence electrons. The number of hydrogen-bond acceptors (Lipinski definition) is 2. The molecule has 4 rings (SSSR count). The topological polar surface area (TPSA) is 54.4 Å². The van der Waals surface area contributed by atoms with Gasteiger partial charge in [-0.05, 0) is 84.2 Å². The van der Waals surface area contributed by atoms with Crippen LogP contribution in [0.4, 0.5) is 0 Å². The van der Waals surface area contributed by atoms with Crippen molar-refractivity contribution in [1.82, 2.24) is 0 Å². The van der Waals surface area contributed by atoms with Gasteiger partial charge in [0, 0.05) is 12.5 Å². The summed E-state index contributed by atoms with van der Waals surface area (Å²) in [6, 6.07) is 0. The molecule has 0 aromatic heterocycles. The summed E-state index contributed by atoms with van der Waals surface area (Å²) in [5.74, 6) is 2.21. The molecule has 2 fully saturated rings. The Morgan fingerprint density at radius 2 is 2.00 bits per heavy atom. The molecular formula is C24H32O3. The highest BCUT2D eigenvalue weighted by atomic mass is 16.4. The predicted octanol–water partition coefficient (Wildman–Crippen LogP) is 5.19. The molecule has 0 radical (unpaired) electrons. The Labute approximate surface area is 162 Å². The van der Waals surface area contributed by atoms with Crippen LogP contribution in [0.15, 0.2) is 36.0 Å². The van der Waals surface area contributed by atoms with Gasteiger partial charge in [0.05, 0.1) is 0 Å². The van der Waals surface area contributed by atoms with Crippen molar-refractivity contribution < 1.29 is 14.7 Å². The summed E-state index contributed by atoms with van der Waals surface area (Å²) in [5, 5.41) is 8.99. The Morgan fingerprint density at radius 1 is 1.22 bits per heavy atom. The largest absolute Gasteiger partial charge is 0.478 e. The Bertz CT molecular complexity index is 745. The Kier molecular flexibility index (Phi) is 4.48. The van der Waals surface area contributed by atoms with Crippen molar-refractivity contribution in [2.24, 2.45) is 40.4 Å². The third-order valence-electron chi connectivity index (χ3n) is 8.77. The summed E-state index contributed by atoms with van der Waals surface area (Å²) in [5.41, 5.74) is 1.70. The number of carbonyl (C=O) groups excluding carboxylic acids is 1. The average molecular weight is 369 g/mol.